The number of nitrogens with one attached hydrogen (secondary N) is 3. The minimum Gasteiger partial charge on any atom is -0.489 e. The minimum atomic E-state index is -3.73. The van der Waals surface area contributed by atoms with E-state index >= 15 is 0 Å². The Morgan fingerprint density at radius 3 is 2.52 bits per heavy atom. The summed E-state index contributed by atoms with van der Waals surface area (Å²) in [6.07, 6.45) is 4.86. The number of carbonyl (C=O) groups excluding carboxylic acids is 1. The number of carbonyl (C=O) groups is 1. The van der Waals surface area contributed by atoms with Gasteiger partial charge in [0, 0.05) is 37.3 Å². The van der Waals surface area contributed by atoms with Crippen LogP contribution < -0.4 is 30.7 Å². The van der Waals surface area contributed by atoms with Crippen molar-refractivity contribution in [1.82, 2.24) is 14.7 Å². The maximum atomic E-state index is 13.0. The number of hydrogen-bond donors (Lipinski definition) is 4. The van der Waals surface area contributed by atoms with Crippen LogP contribution in [0.5, 0.6) is 5.75 Å². The third kappa shape index (κ3) is 7.42. The molecule has 13 heteroatoms. The molecule has 0 unspecified atom stereocenters. The van der Waals surface area contributed by atoms with Crippen molar-refractivity contribution in [3.8, 4) is 5.75 Å². The molecule has 42 heavy (non-hydrogen) atoms. The lowest BCUT2D eigenvalue weighted by molar-refractivity contribution is -0.122. The van der Waals surface area contributed by atoms with E-state index in [9.17, 15) is 13.2 Å². The van der Waals surface area contributed by atoms with E-state index in [1.54, 1.807) is 24.3 Å². The van der Waals surface area contributed by atoms with E-state index in [0.29, 0.717) is 42.4 Å². The van der Waals surface area contributed by atoms with Crippen LogP contribution in [0, 0.1) is 11.8 Å². The van der Waals surface area contributed by atoms with Gasteiger partial charge in [0.2, 0.25) is 21.9 Å². The summed E-state index contributed by atoms with van der Waals surface area (Å²) in [5.41, 5.74) is 7.48. The fourth-order valence-electron chi connectivity index (χ4n) is 4.78. The summed E-state index contributed by atoms with van der Waals surface area (Å²) in [6, 6.07) is 12.4. The number of anilines is 5. The van der Waals surface area contributed by atoms with Gasteiger partial charge in [-0.05, 0) is 69.7 Å². The Hall–Kier alpha value is -3.61. The van der Waals surface area contributed by atoms with E-state index in [1.807, 2.05) is 32.0 Å². The Bertz CT molecular complexity index is 1540. The lowest BCUT2D eigenvalue weighted by Crippen LogP contribution is -2.38. The second-order valence-corrected chi connectivity index (χ2v) is 13.1. The number of sulfonamides is 1. The molecule has 1 saturated carbocycles. The van der Waals surface area contributed by atoms with E-state index in [1.165, 1.54) is 6.20 Å². The predicted molar refractivity (Wildman–Crippen MR) is 164 cm³/mol. The molecule has 1 aliphatic heterocycles. The topological polar surface area (TPSA) is 152 Å². The highest BCUT2D eigenvalue weighted by Crippen LogP contribution is 2.35. The Morgan fingerprint density at radius 1 is 1.10 bits per heavy atom. The number of hydrogen-bond acceptors (Lipinski definition) is 9. The van der Waals surface area contributed by atoms with Crippen LogP contribution in [0.4, 0.5) is 28.8 Å². The van der Waals surface area contributed by atoms with E-state index in [4.69, 9.17) is 22.1 Å². The fourth-order valence-corrected chi connectivity index (χ4v) is 6.19. The second kappa shape index (κ2) is 12.7. The molecule has 2 aromatic carbocycles. The molecule has 2 heterocycles. The summed E-state index contributed by atoms with van der Waals surface area (Å²) < 4.78 is 34.8. The molecule has 0 atom stereocenters. The maximum Gasteiger partial charge on any atom is 0.242 e. The van der Waals surface area contributed by atoms with Gasteiger partial charge in [-0.2, -0.15) is 4.98 Å². The van der Waals surface area contributed by atoms with Gasteiger partial charge < -0.3 is 26.0 Å². The Kier molecular flexibility index (Phi) is 9.05. The quantitative estimate of drug-likeness (QED) is 0.226. The van der Waals surface area contributed by atoms with Gasteiger partial charge >= 0.3 is 0 Å². The molecule has 1 aliphatic carbocycles. The summed E-state index contributed by atoms with van der Waals surface area (Å²) >= 11 is 6.42. The molecular weight excluding hydrogens is 578 g/mol. The highest BCUT2D eigenvalue weighted by molar-refractivity contribution is 7.89. The lowest BCUT2D eigenvalue weighted by Gasteiger charge is -2.32. The van der Waals surface area contributed by atoms with Gasteiger partial charge in [-0.25, -0.2) is 18.1 Å². The summed E-state index contributed by atoms with van der Waals surface area (Å²) in [6.45, 7) is 5.76. The minimum absolute atomic E-state index is 0.0864. The predicted octanol–water partition coefficient (Wildman–Crippen LogP) is 4.79. The lowest BCUT2D eigenvalue weighted by atomic mass is 9.96. The van der Waals surface area contributed by atoms with Crippen LogP contribution in [0.1, 0.15) is 39.5 Å². The first-order valence-corrected chi connectivity index (χ1v) is 16.0. The first kappa shape index (κ1) is 29.9. The zero-order valence-corrected chi connectivity index (χ0v) is 25.2. The van der Waals surface area contributed by atoms with Gasteiger partial charge in [0.1, 0.15) is 15.7 Å². The number of rotatable bonds is 12. The normalized spacial score (nSPS) is 16.0. The molecule has 2 aliphatic rings. The van der Waals surface area contributed by atoms with E-state index < -0.39 is 10.0 Å². The van der Waals surface area contributed by atoms with E-state index in [-0.39, 0.29) is 39.6 Å². The Morgan fingerprint density at radius 2 is 1.83 bits per heavy atom. The summed E-state index contributed by atoms with van der Waals surface area (Å²) in [5.74, 6) is 1.18. The number of primary amides is 1. The Labute approximate surface area is 251 Å². The number of halogens is 1. The average molecular weight is 614 g/mol. The van der Waals surface area contributed by atoms with Crippen LogP contribution in [-0.2, 0) is 14.8 Å². The maximum absolute atomic E-state index is 13.0. The van der Waals surface area contributed by atoms with Crippen LogP contribution >= 0.6 is 11.6 Å². The van der Waals surface area contributed by atoms with Crippen molar-refractivity contribution in [2.75, 3.05) is 35.2 Å². The Balaban J connectivity index is 1.36. The number of piperidine rings is 1. The number of para-hydroxylation sites is 1. The fraction of sp³-hybridized carbons (Fsp3) is 0.414. The molecule has 1 amide bonds. The molecule has 0 radical (unpaired) electrons. The monoisotopic (exact) mass is 613 g/mol. The van der Waals surface area contributed by atoms with Gasteiger partial charge in [0.15, 0.2) is 5.82 Å². The molecular formula is C29H36ClN7O4S. The van der Waals surface area contributed by atoms with Gasteiger partial charge in [0.25, 0.3) is 0 Å². The molecule has 5 rings (SSSR count). The second-order valence-electron chi connectivity index (χ2n) is 10.9. The third-order valence-corrected chi connectivity index (χ3v) is 9.03. The average Bonchev–Trinajstić information content (AvgIpc) is 3.79. The van der Waals surface area contributed by atoms with Gasteiger partial charge in [-0.15, -0.1) is 0 Å². The van der Waals surface area contributed by atoms with Crippen LogP contribution in [0.2, 0.25) is 5.02 Å². The molecule has 5 N–H and O–H groups in total. The summed E-state index contributed by atoms with van der Waals surface area (Å²) in [7, 11) is -3.73. The molecule has 1 saturated heterocycles. The van der Waals surface area contributed by atoms with Gasteiger partial charge in [0.05, 0.1) is 23.7 Å². The van der Waals surface area contributed by atoms with Crippen molar-refractivity contribution < 1.29 is 17.9 Å². The summed E-state index contributed by atoms with van der Waals surface area (Å²) in [5, 5.41) is 6.51. The number of aromatic nitrogens is 2. The molecule has 2 fully saturated rings. The smallest absolute Gasteiger partial charge is 0.242 e. The summed E-state index contributed by atoms with van der Waals surface area (Å²) in [4.78, 5) is 22.8. The highest BCUT2D eigenvalue weighted by Gasteiger charge is 2.26. The zero-order chi connectivity index (χ0) is 29.9. The molecule has 3 aromatic rings. The molecule has 224 valence electrons. The molecule has 11 nitrogen and oxygen atoms in total. The molecule has 1 aromatic heterocycles. The van der Waals surface area contributed by atoms with Crippen LogP contribution in [0.3, 0.4) is 0 Å². The van der Waals surface area contributed by atoms with Crippen LogP contribution in [0.25, 0.3) is 0 Å². The number of amides is 1. The standard InChI is InChI=1S/C29H36ClN7O4S/c1-18(2)41-25-15-21(37-13-11-20(12-14-37)27(31)38)9-10-23(25)35-29-32-17-22(30)28(36-29)34-24-5-3-4-6-26(24)42(39,40)33-16-19-7-8-19/h3-6,9-10,15,17-20,33H,7-8,11-14,16H2,1-2H3,(H2,31,38)(H2,32,34,35,36). The van der Waals surface area contributed by atoms with Gasteiger partial charge in [-0.1, -0.05) is 23.7 Å². The number of nitrogens with two attached hydrogens (primary N) is 1. The largest absolute Gasteiger partial charge is 0.489 e. The molecule has 0 spiro atoms. The SMILES string of the molecule is CC(C)Oc1cc(N2CCC(C(N)=O)CC2)ccc1Nc1ncc(Cl)c(Nc2ccccc2S(=O)(=O)NCC2CC2)n1. The first-order chi connectivity index (χ1) is 20.1. The van der Waals surface area contributed by atoms with Crippen molar-refractivity contribution in [1.29, 1.82) is 0 Å². The highest BCUT2D eigenvalue weighted by atomic mass is 35.5. The van der Waals surface area contributed by atoms with Crippen molar-refractivity contribution in [2.45, 2.75) is 50.5 Å². The van der Waals surface area contributed by atoms with Crippen molar-refractivity contribution in [2.24, 2.45) is 17.6 Å². The van der Waals surface area contributed by atoms with E-state index in [2.05, 4.69) is 30.2 Å². The number of benzene rings is 2. The third-order valence-electron chi connectivity index (χ3n) is 7.27. The van der Waals surface area contributed by atoms with E-state index in [0.717, 1.165) is 31.6 Å². The van der Waals surface area contributed by atoms with Crippen molar-refractivity contribution >= 4 is 56.4 Å². The first-order valence-electron chi connectivity index (χ1n) is 14.1. The number of ether oxygens (including phenoxy) is 1. The van der Waals surface area contributed by atoms with Crippen molar-refractivity contribution in [3.63, 3.8) is 0 Å². The van der Waals surface area contributed by atoms with Crippen LogP contribution in [0.15, 0.2) is 53.6 Å². The molecule has 0 bridgehead atoms. The van der Waals surface area contributed by atoms with Crippen LogP contribution in [-0.4, -0.2) is 50.0 Å². The van der Waals surface area contributed by atoms with Crippen molar-refractivity contribution in [3.05, 3.63) is 53.7 Å². The van der Waals surface area contributed by atoms with Gasteiger partial charge in [-0.3, -0.25) is 4.79 Å². The number of nitrogens with zero attached hydrogens (tertiary/aromatic N) is 3. The zero-order valence-electron chi connectivity index (χ0n) is 23.6.